The van der Waals surface area contributed by atoms with Crippen molar-refractivity contribution >= 4 is 34.6 Å². The number of amides is 1. The van der Waals surface area contributed by atoms with Crippen LogP contribution in [0.2, 0.25) is 0 Å². The Morgan fingerprint density at radius 2 is 1.54 bits per heavy atom. The highest BCUT2D eigenvalue weighted by atomic mass is 16.6. The van der Waals surface area contributed by atoms with Crippen LogP contribution < -0.4 is 19.6 Å². The Hall–Kier alpha value is -5.25. The molecule has 0 saturated heterocycles. The van der Waals surface area contributed by atoms with Crippen LogP contribution in [0.3, 0.4) is 0 Å². The van der Waals surface area contributed by atoms with Crippen LogP contribution in [0.15, 0.2) is 84.0 Å². The number of hydrazone groups is 1. The second-order valence-electron chi connectivity index (χ2n) is 7.66. The van der Waals surface area contributed by atoms with Gasteiger partial charge in [0.05, 0.1) is 30.9 Å². The third-order valence-corrected chi connectivity index (χ3v) is 5.45. The average molecular weight is 499 g/mol. The molecule has 0 aliphatic rings. The van der Waals surface area contributed by atoms with E-state index in [9.17, 15) is 19.7 Å². The van der Waals surface area contributed by atoms with Crippen molar-refractivity contribution in [3.05, 3.63) is 106 Å². The Labute approximate surface area is 211 Å². The van der Waals surface area contributed by atoms with Crippen LogP contribution in [0.4, 0.5) is 5.69 Å². The number of carbonyl (C=O) groups is 2. The van der Waals surface area contributed by atoms with Crippen molar-refractivity contribution in [1.82, 2.24) is 5.43 Å². The van der Waals surface area contributed by atoms with E-state index in [0.29, 0.717) is 17.1 Å². The number of nitro benzene ring substituents is 1. The first-order valence-corrected chi connectivity index (χ1v) is 10.9. The van der Waals surface area contributed by atoms with Gasteiger partial charge in [0.2, 0.25) is 0 Å². The van der Waals surface area contributed by atoms with Gasteiger partial charge in [0.15, 0.2) is 11.5 Å². The Morgan fingerprint density at radius 1 is 0.865 bits per heavy atom. The van der Waals surface area contributed by atoms with Gasteiger partial charge < -0.3 is 14.2 Å². The second kappa shape index (κ2) is 11.0. The zero-order valence-corrected chi connectivity index (χ0v) is 19.8. The Balaban J connectivity index is 1.60. The molecule has 0 bridgehead atoms. The smallest absolute Gasteiger partial charge is 0.343 e. The molecule has 0 saturated carbocycles. The van der Waals surface area contributed by atoms with E-state index >= 15 is 0 Å². The maximum atomic E-state index is 12.9. The third kappa shape index (κ3) is 5.54. The molecule has 4 rings (SSSR count). The Morgan fingerprint density at radius 3 is 2.24 bits per heavy atom. The van der Waals surface area contributed by atoms with Gasteiger partial charge in [0.1, 0.15) is 5.75 Å². The van der Waals surface area contributed by atoms with E-state index < -0.39 is 16.8 Å². The van der Waals surface area contributed by atoms with Gasteiger partial charge in [-0.1, -0.05) is 30.3 Å². The minimum absolute atomic E-state index is 0.128. The standard InChI is InChI=1S/C27H21N3O7/c1-35-24-14-10-19(15-25(24)36-2)27(32)37-23-13-9-17-5-3-4-6-21(17)22(23)16-28-29-26(31)18-7-11-20(12-8-18)30(33)34/h3-16H,1-2H3,(H,29,31)/b28-16+. The molecule has 0 aliphatic heterocycles. The van der Waals surface area contributed by atoms with Crippen molar-refractivity contribution in [1.29, 1.82) is 0 Å². The summed E-state index contributed by atoms with van der Waals surface area (Å²) >= 11 is 0. The predicted molar refractivity (Wildman–Crippen MR) is 137 cm³/mol. The van der Waals surface area contributed by atoms with Gasteiger partial charge in [-0.05, 0) is 47.2 Å². The topological polar surface area (TPSA) is 129 Å². The van der Waals surface area contributed by atoms with Crippen molar-refractivity contribution in [3.8, 4) is 17.2 Å². The number of ether oxygens (including phenoxy) is 3. The number of esters is 1. The molecular formula is C27H21N3O7. The van der Waals surface area contributed by atoms with Gasteiger partial charge in [0, 0.05) is 23.3 Å². The van der Waals surface area contributed by atoms with Gasteiger partial charge in [-0.2, -0.15) is 5.10 Å². The summed E-state index contributed by atoms with van der Waals surface area (Å²) in [5, 5.41) is 16.5. The molecule has 0 unspecified atom stereocenters. The Kier molecular flexibility index (Phi) is 7.39. The molecule has 0 aromatic heterocycles. The minimum atomic E-state index is -0.624. The lowest BCUT2D eigenvalue weighted by Crippen LogP contribution is -2.17. The summed E-state index contributed by atoms with van der Waals surface area (Å²) in [4.78, 5) is 35.6. The quantitative estimate of drug-likeness (QED) is 0.122. The summed E-state index contributed by atoms with van der Waals surface area (Å²) in [6, 6.07) is 20.7. The first-order chi connectivity index (χ1) is 17.9. The highest BCUT2D eigenvalue weighted by Gasteiger charge is 2.16. The third-order valence-electron chi connectivity index (χ3n) is 5.45. The summed E-state index contributed by atoms with van der Waals surface area (Å²) in [5.74, 6) is -0.101. The molecule has 4 aromatic carbocycles. The second-order valence-corrected chi connectivity index (χ2v) is 7.66. The summed E-state index contributed by atoms with van der Waals surface area (Å²) in [6.45, 7) is 0. The summed E-state index contributed by atoms with van der Waals surface area (Å²) < 4.78 is 16.2. The predicted octanol–water partition coefficient (Wildman–Crippen LogP) is 4.75. The lowest BCUT2D eigenvalue weighted by Gasteiger charge is -2.12. The fourth-order valence-electron chi connectivity index (χ4n) is 3.57. The summed E-state index contributed by atoms with van der Waals surface area (Å²) in [6.07, 6.45) is 1.38. The molecule has 0 radical (unpaired) electrons. The molecule has 0 aliphatic carbocycles. The molecule has 0 fully saturated rings. The van der Waals surface area contributed by atoms with Gasteiger partial charge >= 0.3 is 5.97 Å². The number of carbonyl (C=O) groups excluding carboxylic acids is 2. The van der Waals surface area contributed by atoms with Gasteiger partial charge in [-0.15, -0.1) is 0 Å². The van der Waals surface area contributed by atoms with Gasteiger partial charge in [-0.25, -0.2) is 10.2 Å². The molecule has 0 spiro atoms. The van der Waals surface area contributed by atoms with Crippen LogP contribution in [-0.4, -0.2) is 37.2 Å². The first kappa shape index (κ1) is 24.9. The van der Waals surface area contributed by atoms with Crippen molar-refractivity contribution in [3.63, 3.8) is 0 Å². The summed E-state index contributed by atoms with van der Waals surface area (Å²) in [7, 11) is 2.97. The number of hydrogen-bond acceptors (Lipinski definition) is 8. The van der Waals surface area contributed by atoms with E-state index in [1.165, 1.54) is 50.8 Å². The molecular weight excluding hydrogens is 478 g/mol. The van der Waals surface area contributed by atoms with Crippen LogP contribution in [0, 0.1) is 10.1 Å². The maximum absolute atomic E-state index is 12.9. The van der Waals surface area contributed by atoms with Crippen LogP contribution in [-0.2, 0) is 0 Å². The molecule has 0 atom stereocenters. The number of hydrogen-bond donors (Lipinski definition) is 1. The summed E-state index contributed by atoms with van der Waals surface area (Å²) in [5.41, 5.74) is 3.18. The van der Waals surface area contributed by atoms with Crippen molar-refractivity contribution in [2.45, 2.75) is 0 Å². The Bertz CT molecular complexity index is 1510. The van der Waals surface area contributed by atoms with Crippen molar-refractivity contribution < 1.29 is 28.7 Å². The molecule has 186 valence electrons. The molecule has 0 heterocycles. The number of benzene rings is 4. The number of fused-ring (bicyclic) bond motifs is 1. The van der Waals surface area contributed by atoms with Gasteiger partial charge in [0.25, 0.3) is 11.6 Å². The van der Waals surface area contributed by atoms with E-state index in [2.05, 4.69) is 10.5 Å². The number of nitrogens with zero attached hydrogens (tertiary/aromatic N) is 2. The first-order valence-electron chi connectivity index (χ1n) is 10.9. The molecule has 1 N–H and O–H groups in total. The van der Waals surface area contributed by atoms with Crippen molar-refractivity contribution in [2.75, 3.05) is 14.2 Å². The molecule has 10 heteroatoms. The van der Waals surface area contributed by atoms with E-state index in [-0.39, 0.29) is 22.6 Å². The van der Waals surface area contributed by atoms with Crippen LogP contribution in [0.1, 0.15) is 26.3 Å². The fourth-order valence-corrected chi connectivity index (χ4v) is 3.57. The zero-order chi connectivity index (χ0) is 26.4. The number of nitro groups is 1. The van der Waals surface area contributed by atoms with E-state index in [4.69, 9.17) is 14.2 Å². The zero-order valence-electron chi connectivity index (χ0n) is 19.8. The van der Waals surface area contributed by atoms with Gasteiger partial charge in [-0.3, -0.25) is 14.9 Å². The largest absolute Gasteiger partial charge is 0.493 e. The number of non-ortho nitro benzene ring substituents is 1. The highest BCUT2D eigenvalue weighted by molar-refractivity contribution is 6.04. The van der Waals surface area contributed by atoms with E-state index in [1.54, 1.807) is 24.3 Å². The number of nitrogens with one attached hydrogen (secondary N) is 1. The maximum Gasteiger partial charge on any atom is 0.343 e. The highest BCUT2D eigenvalue weighted by Crippen LogP contribution is 2.30. The monoisotopic (exact) mass is 499 g/mol. The normalized spacial score (nSPS) is 10.8. The van der Waals surface area contributed by atoms with Crippen molar-refractivity contribution in [2.24, 2.45) is 5.10 Å². The lowest BCUT2D eigenvalue weighted by atomic mass is 10.0. The van der Waals surface area contributed by atoms with Crippen LogP contribution in [0.5, 0.6) is 17.2 Å². The number of methoxy groups -OCH3 is 2. The fraction of sp³-hybridized carbons (Fsp3) is 0.0741. The van der Waals surface area contributed by atoms with Crippen LogP contribution in [0.25, 0.3) is 10.8 Å². The number of rotatable bonds is 8. The van der Waals surface area contributed by atoms with E-state index in [1.807, 2.05) is 24.3 Å². The average Bonchev–Trinajstić information content (AvgIpc) is 2.93. The molecule has 1 amide bonds. The van der Waals surface area contributed by atoms with E-state index in [0.717, 1.165) is 10.8 Å². The lowest BCUT2D eigenvalue weighted by molar-refractivity contribution is -0.384. The molecule has 10 nitrogen and oxygen atoms in total. The van der Waals surface area contributed by atoms with Crippen LogP contribution >= 0.6 is 0 Å². The molecule has 4 aromatic rings. The SMILES string of the molecule is COc1ccc(C(=O)Oc2ccc3ccccc3c2/C=N/NC(=O)c2ccc([N+](=O)[O-])cc2)cc1OC. The minimum Gasteiger partial charge on any atom is -0.493 e. The molecule has 37 heavy (non-hydrogen) atoms.